The number of hydrogen-bond donors (Lipinski definition) is 0. The van der Waals surface area contributed by atoms with Crippen molar-refractivity contribution in [1.29, 1.82) is 0 Å². The predicted molar refractivity (Wildman–Crippen MR) is 45.1 cm³/mol. The van der Waals surface area contributed by atoms with Gasteiger partial charge in [0.2, 0.25) is 0 Å². The summed E-state index contributed by atoms with van der Waals surface area (Å²) < 4.78 is 60.5. The minimum atomic E-state index is -5.19. The molecule has 0 N–H and O–H groups in total. The van der Waals surface area contributed by atoms with Crippen LogP contribution in [0.25, 0.3) is 0 Å². The van der Waals surface area contributed by atoms with Crippen molar-refractivity contribution >= 4 is 24.0 Å². The van der Waals surface area contributed by atoms with Gasteiger partial charge in [0.25, 0.3) is 6.43 Å². The lowest BCUT2D eigenvalue weighted by molar-refractivity contribution is 0.151. The Morgan fingerprint density at radius 1 is 1.14 bits per heavy atom. The maximum absolute atomic E-state index is 12.1. The summed E-state index contributed by atoms with van der Waals surface area (Å²) >= 11 is 5.26. The summed E-state index contributed by atoms with van der Waals surface area (Å²) in [5.41, 5.74) is -1.56. The Bertz CT molecular complexity index is 335. The fourth-order valence-electron chi connectivity index (χ4n) is 0.924. The van der Waals surface area contributed by atoms with Crippen molar-refractivity contribution in [2.24, 2.45) is 0 Å². The van der Waals surface area contributed by atoms with E-state index in [-0.39, 0.29) is 0 Å². The van der Waals surface area contributed by atoms with Gasteiger partial charge in [-0.1, -0.05) is 29.8 Å². The smallest absolute Gasteiger partial charge is 0.445 e. The molecule has 0 fully saturated rings. The van der Waals surface area contributed by atoms with Gasteiger partial charge in [-0.05, 0) is 0 Å². The lowest BCUT2D eigenvalue weighted by atomic mass is 9.80. The molecule has 0 bridgehead atoms. The second kappa shape index (κ2) is 3.77. The molecule has 0 saturated heterocycles. The largest absolute Gasteiger partial charge is 0.509 e. The Kier molecular flexibility index (Phi) is 3.04. The normalized spacial score (nSPS) is 12.2. The third-order valence-electron chi connectivity index (χ3n) is 1.64. The summed E-state index contributed by atoms with van der Waals surface area (Å²) in [5.74, 6) is 0. The zero-order valence-corrected chi connectivity index (χ0v) is 7.41. The van der Waals surface area contributed by atoms with Crippen LogP contribution >= 0.6 is 11.6 Å². The van der Waals surface area contributed by atoms with Gasteiger partial charge in [0.1, 0.15) is 0 Å². The second-order valence-corrected chi connectivity index (χ2v) is 3.06. The molecule has 0 saturated carbocycles. The monoisotopic (exact) mass is 229 g/mol. The van der Waals surface area contributed by atoms with Crippen LogP contribution in [0.15, 0.2) is 18.2 Å². The Morgan fingerprint density at radius 3 is 2.07 bits per heavy atom. The highest BCUT2D eigenvalue weighted by molar-refractivity contribution is 6.73. The third kappa shape index (κ3) is 2.38. The first kappa shape index (κ1) is 11.3. The number of halogens is 6. The maximum atomic E-state index is 12.1. The van der Waals surface area contributed by atoms with E-state index in [2.05, 4.69) is 0 Å². The highest BCUT2D eigenvalue weighted by atomic mass is 35.5. The molecule has 0 amide bonds. The third-order valence-corrected chi connectivity index (χ3v) is 1.96. The molecular formula is C7H4BClF5-. The van der Waals surface area contributed by atoms with Gasteiger partial charge in [0.15, 0.2) is 0 Å². The summed E-state index contributed by atoms with van der Waals surface area (Å²) in [6.45, 7) is -5.19. The zero-order chi connectivity index (χ0) is 10.9. The van der Waals surface area contributed by atoms with Crippen molar-refractivity contribution in [2.45, 2.75) is 6.43 Å². The molecule has 0 aliphatic heterocycles. The molecule has 14 heavy (non-hydrogen) atoms. The summed E-state index contributed by atoms with van der Waals surface area (Å²) in [7, 11) is 0. The summed E-state index contributed by atoms with van der Waals surface area (Å²) in [5, 5.41) is -0.559. The molecule has 7 heteroatoms. The van der Waals surface area contributed by atoms with Crippen molar-refractivity contribution in [3.05, 3.63) is 28.8 Å². The standard InChI is InChI=1S/C7H4BClF5/c9-6-3-4(8(12,13)14)1-2-5(6)7(10)11/h1-3,7H/q-1. The molecule has 0 nitrogen and oxygen atoms in total. The van der Waals surface area contributed by atoms with E-state index < -0.39 is 29.5 Å². The summed E-state index contributed by atoms with van der Waals surface area (Å²) in [6.07, 6.45) is -2.86. The Balaban J connectivity index is 3.13. The molecular weight excluding hydrogens is 225 g/mol. The van der Waals surface area contributed by atoms with Crippen LogP contribution in [0.4, 0.5) is 21.7 Å². The van der Waals surface area contributed by atoms with Gasteiger partial charge < -0.3 is 12.9 Å². The Hall–Kier alpha value is -0.775. The van der Waals surface area contributed by atoms with Gasteiger partial charge in [-0.2, -0.15) is 0 Å². The van der Waals surface area contributed by atoms with E-state index in [1.165, 1.54) is 0 Å². The summed E-state index contributed by atoms with van der Waals surface area (Å²) in [6, 6.07) is 1.81. The van der Waals surface area contributed by atoms with E-state index in [1.807, 2.05) is 0 Å². The molecule has 0 aliphatic carbocycles. The van der Waals surface area contributed by atoms with Crippen molar-refractivity contribution in [2.75, 3.05) is 0 Å². The van der Waals surface area contributed by atoms with Crippen LogP contribution in [0.5, 0.6) is 0 Å². The molecule has 1 aromatic carbocycles. The lowest BCUT2D eigenvalue weighted by Gasteiger charge is -2.15. The fraction of sp³-hybridized carbons (Fsp3) is 0.143. The van der Waals surface area contributed by atoms with Crippen molar-refractivity contribution < 1.29 is 21.7 Å². The Morgan fingerprint density at radius 2 is 1.71 bits per heavy atom. The fourth-order valence-corrected chi connectivity index (χ4v) is 1.20. The van der Waals surface area contributed by atoms with Crippen LogP contribution in [0.2, 0.25) is 5.02 Å². The molecule has 0 aliphatic rings. The number of rotatable bonds is 2. The second-order valence-electron chi connectivity index (χ2n) is 2.66. The SMILES string of the molecule is FC(F)c1ccc([B-](F)(F)F)cc1Cl. The summed E-state index contributed by atoms with van der Waals surface area (Å²) in [4.78, 5) is 0. The number of benzene rings is 1. The molecule has 1 aromatic rings. The van der Waals surface area contributed by atoms with E-state index in [0.717, 1.165) is 0 Å². The molecule has 0 unspecified atom stereocenters. The van der Waals surface area contributed by atoms with E-state index in [9.17, 15) is 21.7 Å². The van der Waals surface area contributed by atoms with Gasteiger partial charge >= 0.3 is 6.98 Å². The lowest BCUT2D eigenvalue weighted by Crippen LogP contribution is -2.33. The average molecular weight is 229 g/mol. The van der Waals surface area contributed by atoms with Crippen LogP contribution in [0.3, 0.4) is 0 Å². The minimum Gasteiger partial charge on any atom is -0.445 e. The van der Waals surface area contributed by atoms with Crippen LogP contribution < -0.4 is 5.46 Å². The first-order valence-corrected chi connectivity index (χ1v) is 3.97. The molecule has 0 heterocycles. The molecule has 0 radical (unpaired) electrons. The molecule has 0 aromatic heterocycles. The van der Waals surface area contributed by atoms with Crippen molar-refractivity contribution in [3.63, 3.8) is 0 Å². The zero-order valence-electron chi connectivity index (χ0n) is 6.65. The van der Waals surface area contributed by atoms with Gasteiger partial charge in [-0.3, -0.25) is 0 Å². The van der Waals surface area contributed by atoms with Gasteiger partial charge in [-0.15, -0.1) is 5.46 Å². The molecule has 1 rings (SSSR count). The number of alkyl halides is 2. The van der Waals surface area contributed by atoms with Crippen LogP contribution in [-0.4, -0.2) is 6.98 Å². The van der Waals surface area contributed by atoms with Gasteiger partial charge in [0.05, 0.1) is 0 Å². The van der Waals surface area contributed by atoms with E-state index in [0.29, 0.717) is 18.2 Å². The minimum absolute atomic E-state index is 0.517. The maximum Gasteiger partial charge on any atom is 0.509 e. The average Bonchev–Trinajstić information content (AvgIpc) is 2.01. The predicted octanol–water partition coefficient (Wildman–Crippen LogP) is 3.33. The van der Waals surface area contributed by atoms with E-state index >= 15 is 0 Å². The molecule has 0 atom stereocenters. The van der Waals surface area contributed by atoms with E-state index in [1.54, 1.807) is 0 Å². The topological polar surface area (TPSA) is 0 Å². The highest BCUT2D eigenvalue weighted by Gasteiger charge is 2.26. The Labute approximate surface area is 81.7 Å². The first-order chi connectivity index (χ1) is 6.32. The van der Waals surface area contributed by atoms with Crippen molar-refractivity contribution in [1.82, 2.24) is 0 Å². The van der Waals surface area contributed by atoms with Gasteiger partial charge in [-0.25, -0.2) is 8.78 Å². The van der Waals surface area contributed by atoms with Crippen LogP contribution in [0.1, 0.15) is 12.0 Å². The van der Waals surface area contributed by atoms with Crippen LogP contribution in [0, 0.1) is 0 Å². The highest BCUT2D eigenvalue weighted by Crippen LogP contribution is 2.26. The van der Waals surface area contributed by atoms with Gasteiger partial charge in [0, 0.05) is 10.6 Å². The molecule has 0 spiro atoms. The first-order valence-electron chi connectivity index (χ1n) is 3.60. The van der Waals surface area contributed by atoms with Crippen molar-refractivity contribution in [3.8, 4) is 0 Å². The molecule has 78 valence electrons. The van der Waals surface area contributed by atoms with Crippen LogP contribution in [-0.2, 0) is 0 Å². The van der Waals surface area contributed by atoms with E-state index in [4.69, 9.17) is 11.6 Å². The number of hydrogen-bond acceptors (Lipinski definition) is 0. The quantitative estimate of drug-likeness (QED) is 0.539.